The highest BCUT2D eigenvalue weighted by Crippen LogP contribution is 2.21. The highest BCUT2D eigenvalue weighted by Gasteiger charge is 2.11. The zero-order valence-electron chi connectivity index (χ0n) is 21.2. The summed E-state index contributed by atoms with van der Waals surface area (Å²) in [6.07, 6.45) is 0. The van der Waals surface area contributed by atoms with Gasteiger partial charge in [-0.05, 0) is 71.8 Å². The quantitative estimate of drug-likeness (QED) is 0.189. The van der Waals surface area contributed by atoms with E-state index in [0.717, 1.165) is 12.1 Å². The lowest BCUT2D eigenvalue weighted by Gasteiger charge is -2.09. The van der Waals surface area contributed by atoms with Gasteiger partial charge in [0.15, 0.2) is 23.1 Å². The van der Waals surface area contributed by atoms with Crippen LogP contribution in [0.2, 0.25) is 0 Å². The van der Waals surface area contributed by atoms with Gasteiger partial charge < -0.3 is 19.9 Å². The molecular weight excluding hydrogens is 544 g/mol. The van der Waals surface area contributed by atoms with Crippen LogP contribution in [-0.4, -0.2) is 23.5 Å². The number of carbonyl (C=O) groups is 2. The molecule has 11 heteroatoms. The van der Waals surface area contributed by atoms with Gasteiger partial charge in [-0.1, -0.05) is 24.3 Å². The number of nitrogens with one attached hydrogen (secondary N) is 1. The third kappa shape index (κ3) is 9.40. The number of nitriles is 1. The van der Waals surface area contributed by atoms with Crippen LogP contribution in [0.25, 0.3) is 0 Å². The minimum atomic E-state index is -1.21. The third-order valence-electron chi connectivity index (χ3n) is 5.27. The van der Waals surface area contributed by atoms with Crippen LogP contribution in [-0.2, 0) is 13.2 Å². The molecule has 2 N–H and O–H groups in total. The standard InChI is InChI=1S/C16H12F2N2O2.C14H10F2O3/c17-13-3-1-2-11(8-13)10-22-15-5-4-12(9-14(15)18)16(21)20-7-6-19;15-11-3-1-2-9(6-11)8-19-13-5-4-10(14(17)18)7-12(13)16/h1-5,8-9H,7,10H2,(H,20,21);1-7H,8H2,(H,17,18). The predicted octanol–water partition coefficient (Wildman–Crippen LogP) is 6.04. The van der Waals surface area contributed by atoms with Crippen LogP contribution in [0.15, 0.2) is 84.9 Å². The van der Waals surface area contributed by atoms with Gasteiger partial charge in [0.2, 0.25) is 0 Å². The number of aromatic carboxylic acids is 1. The van der Waals surface area contributed by atoms with E-state index >= 15 is 0 Å². The van der Waals surface area contributed by atoms with E-state index in [0.29, 0.717) is 11.1 Å². The third-order valence-corrected chi connectivity index (χ3v) is 5.27. The summed E-state index contributed by atoms with van der Waals surface area (Å²) in [6, 6.07) is 20.4. The van der Waals surface area contributed by atoms with E-state index in [-0.39, 0.29) is 42.4 Å². The molecule has 0 saturated carbocycles. The van der Waals surface area contributed by atoms with E-state index in [1.807, 2.05) is 0 Å². The van der Waals surface area contributed by atoms with Crippen LogP contribution >= 0.6 is 0 Å². The maximum atomic E-state index is 13.9. The first-order chi connectivity index (χ1) is 19.7. The van der Waals surface area contributed by atoms with Crippen molar-refractivity contribution in [2.24, 2.45) is 0 Å². The van der Waals surface area contributed by atoms with E-state index in [2.05, 4.69) is 5.32 Å². The van der Waals surface area contributed by atoms with Gasteiger partial charge in [-0.3, -0.25) is 4.79 Å². The van der Waals surface area contributed by atoms with Gasteiger partial charge in [0, 0.05) is 5.56 Å². The van der Waals surface area contributed by atoms with Gasteiger partial charge >= 0.3 is 5.97 Å². The van der Waals surface area contributed by atoms with Crippen LogP contribution in [0.5, 0.6) is 11.5 Å². The molecule has 4 aromatic rings. The summed E-state index contributed by atoms with van der Waals surface area (Å²) in [5, 5.41) is 19.4. The number of halogens is 4. The number of carboxylic acids is 1. The lowest BCUT2D eigenvalue weighted by molar-refractivity contribution is 0.0696. The summed E-state index contributed by atoms with van der Waals surface area (Å²) in [5.74, 6) is -4.14. The van der Waals surface area contributed by atoms with Crippen LogP contribution in [0.3, 0.4) is 0 Å². The summed E-state index contributed by atoms with van der Waals surface area (Å²) in [4.78, 5) is 22.2. The number of nitrogens with zero attached hydrogens (tertiary/aromatic N) is 1. The normalized spacial score (nSPS) is 10.0. The minimum Gasteiger partial charge on any atom is -0.486 e. The SMILES string of the molecule is N#CCNC(=O)c1ccc(OCc2cccc(F)c2)c(F)c1.O=C(O)c1ccc(OCc2cccc(F)c2)c(F)c1. The molecule has 0 fully saturated rings. The number of amides is 1. The molecule has 0 heterocycles. The Morgan fingerprint density at radius 1 is 0.732 bits per heavy atom. The summed E-state index contributed by atoms with van der Waals surface area (Å²) in [5.41, 5.74) is 1.05. The lowest BCUT2D eigenvalue weighted by atomic mass is 10.2. The molecule has 210 valence electrons. The smallest absolute Gasteiger partial charge is 0.335 e. The van der Waals surface area contributed by atoms with E-state index in [1.165, 1.54) is 60.7 Å². The number of hydrogen-bond donors (Lipinski definition) is 2. The van der Waals surface area contributed by atoms with E-state index in [1.54, 1.807) is 18.2 Å². The molecular formula is C30H22F4N2O5. The molecule has 0 radical (unpaired) electrons. The zero-order chi connectivity index (χ0) is 29.8. The van der Waals surface area contributed by atoms with Crippen molar-refractivity contribution < 1.29 is 41.7 Å². The monoisotopic (exact) mass is 566 g/mol. The minimum absolute atomic E-state index is 0.00109. The molecule has 0 atom stereocenters. The topological polar surface area (TPSA) is 109 Å². The van der Waals surface area contributed by atoms with Crippen molar-refractivity contribution in [2.45, 2.75) is 13.2 Å². The van der Waals surface area contributed by atoms with Gasteiger partial charge in [-0.25, -0.2) is 22.4 Å². The molecule has 41 heavy (non-hydrogen) atoms. The van der Waals surface area contributed by atoms with E-state index in [4.69, 9.17) is 19.8 Å². The van der Waals surface area contributed by atoms with Crippen LogP contribution in [0.4, 0.5) is 17.6 Å². The highest BCUT2D eigenvalue weighted by atomic mass is 19.1. The first-order valence-corrected chi connectivity index (χ1v) is 11.9. The van der Waals surface area contributed by atoms with Crippen molar-refractivity contribution in [2.75, 3.05) is 6.54 Å². The molecule has 4 rings (SSSR count). The van der Waals surface area contributed by atoms with E-state index < -0.39 is 35.1 Å². The summed E-state index contributed by atoms with van der Waals surface area (Å²) in [6.45, 7) is -0.145. The predicted molar refractivity (Wildman–Crippen MR) is 139 cm³/mol. The summed E-state index contributed by atoms with van der Waals surface area (Å²) < 4.78 is 63.8. The fraction of sp³-hybridized carbons (Fsp3) is 0.100. The average molecular weight is 567 g/mol. The largest absolute Gasteiger partial charge is 0.486 e. The Balaban J connectivity index is 0.000000228. The lowest BCUT2D eigenvalue weighted by Crippen LogP contribution is -2.23. The molecule has 0 unspecified atom stereocenters. The molecule has 0 aliphatic carbocycles. The van der Waals surface area contributed by atoms with Crippen molar-refractivity contribution in [3.63, 3.8) is 0 Å². The Hall–Kier alpha value is -5.37. The highest BCUT2D eigenvalue weighted by molar-refractivity contribution is 5.94. The number of ether oxygens (including phenoxy) is 2. The Labute approximate surface area is 232 Å². The number of rotatable bonds is 9. The molecule has 0 aliphatic heterocycles. The van der Waals surface area contributed by atoms with Crippen molar-refractivity contribution in [3.8, 4) is 17.6 Å². The van der Waals surface area contributed by atoms with Gasteiger partial charge in [0.1, 0.15) is 31.4 Å². The summed E-state index contributed by atoms with van der Waals surface area (Å²) in [7, 11) is 0. The fourth-order valence-corrected chi connectivity index (χ4v) is 3.31. The Bertz CT molecular complexity index is 1570. The van der Waals surface area contributed by atoms with Gasteiger partial charge in [-0.15, -0.1) is 0 Å². The second-order valence-electron chi connectivity index (χ2n) is 8.27. The molecule has 1 amide bonds. The van der Waals surface area contributed by atoms with Crippen molar-refractivity contribution in [1.82, 2.24) is 5.32 Å². The molecule has 0 aromatic heterocycles. The fourth-order valence-electron chi connectivity index (χ4n) is 3.31. The first-order valence-electron chi connectivity index (χ1n) is 11.9. The second-order valence-corrected chi connectivity index (χ2v) is 8.27. The van der Waals surface area contributed by atoms with Crippen LogP contribution in [0, 0.1) is 34.6 Å². The molecule has 0 bridgehead atoms. The average Bonchev–Trinajstić information content (AvgIpc) is 2.95. The molecule has 7 nitrogen and oxygen atoms in total. The van der Waals surface area contributed by atoms with Crippen molar-refractivity contribution in [3.05, 3.63) is 130 Å². The first kappa shape index (κ1) is 30.2. The molecule has 0 saturated heterocycles. The van der Waals surface area contributed by atoms with E-state index in [9.17, 15) is 27.2 Å². The van der Waals surface area contributed by atoms with Crippen LogP contribution in [0.1, 0.15) is 31.8 Å². The van der Waals surface area contributed by atoms with Gasteiger partial charge in [-0.2, -0.15) is 5.26 Å². The number of hydrogen-bond acceptors (Lipinski definition) is 5. The maximum Gasteiger partial charge on any atom is 0.335 e. The Morgan fingerprint density at radius 3 is 1.66 bits per heavy atom. The Kier molecular flexibility index (Phi) is 10.8. The number of carboxylic acid groups (broad SMARTS) is 1. The van der Waals surface area contributed by atoms with Crippen LogP contribution < -0.4 is 14.8 Å². The Morgan fingerprint density at radius 2 is 1.22 bits per heavy atom. The molecule has 0 aliphatic rings. The van der Waals surface area contributed by atoms with Gasteiger partial charge in [0.25, 0.3) is 5.91 Å². The second kappa shape index (κ2) is 14.7. The maximum absolute atomic E-state index is 13.9. The van der Waals surface area contributed by atoms with Crippen molar-refractivity contribution in [1.29, 1.82) is 5.26 Å². The molecule has 4 aromatic carbocycles. The molecule has 0 spiro atoms. The van der Waals surface area contributed by atoms with Gasteiger partial charge in [0.05, 0.1) is 11.6 Å². The van der Waals surface area contributed by atoms with Crippen molar-refractivity contribution >= 4 is 11.9 Å². The number of benzene rings is 4. The zero-order valence-corrected chi connectivity index (χ0v) is 21.2. The number of carbonyl (C=O) groups excluding carboxylic acids is 1. The summed E-state index contributed by atoms with van der Waals surface area (Å²) >= 11 is 0.